The van der Waals surface area contributed by atoms with E-state index >= 15 is 0 Å². The summed E-state index contributed by atoms with van der Waals surface area (Å²) in [6, 6.07) is 7.07. The molecule has 0 aromatic heterocycles. The zero-order chi connectivity index (χ0) is 16.9. The lowest BCUT2D eigenvalue weighted by Gasteiger charge is -2.24. The molecule has 1 saturated heterocycles. The van der Waals surface area contributed by atoms with Gasteiger partial charge >= 0.3 is 0 Å². The molecule has 0 unspecified atom stereocenters. The zero-order valence-electron chi connectivity index (χ0n) is 14.6. The van der Waals surface area contributed by atoms with Crippen LogP contribution in [0.25, 0.3) is 0 Å². The van der Waals surface area contributed by atoms with Gasteiger partial charge < -0.3 is 16.0 Å². The Bertz CT molecular complexity index is 552. The lowest BCUT2D eigenvalue weighted by atomic mass is 9.97. The van der Waals surface area contributed by atoms with E-state index in [2.05, 4.69) is 16.0 Å². The summed E-state index contributed by atoms with van der Waals surface area (Å²) in [6.07, 6.45) is 2.61. The number of anilines is 1. The van der Waals surface area contributed by atoms with Crippen molar-refractivity contribution in [2.45, 2.75) is 45.6 Å². The van der Waals surface area contributed by atoms with Gasteiger partial charge in [-0.05, 0) is 70.5 Å². The van der Waals surface area contributed by atoms with Gasteiger partial charge in [0.2, 0.25) is 5.91 Å². The minimum Gasteiger partial charge on any atom is -0.347 e. The fourth-order valence-corrected chi connectivity index (χ4v) is 2.50. The van der Waals surface area contributed by atoms with Crippen LogP contribution >= 0.6 is 12.4 Å². The first-order chi connectivity index (χ1) is 10.9. The maximum absolute atomic E-state index is 12.2. The molecule has 0 bridgehead atoms. The fourth-order valence-electron chi connectivity index (χ4n) is 2.50. The standard InChI is InChI=1S/C18H27N3O2.ClH/c1-4-18(2,3)21-17(23)13-5-7-15(8-6-13)20-16(22)14-9-11-19-12-10-14;/h5-8,14,19H,4,9-12H2,1-3H3,(H,20,22)(H,21,23);1H. The van der Waals surface area contributed by atoms with Gasteiger partial charge in [0.05, 0.1) is 0 Å². The Balaban J connectivity index is 0.00000288. The van der Waals surface area contributed by atoms with E-state index in [1.807, 2.05) is 20.8 Å². The van der Waals surface area contributed by atoms with E-state index < -0.39 is 0 Å². The Hall–Kier alpha value is -1.59. The van der Waals surface area contributed by atoms with Gasteiger partial charge in [0, 0.05) is 22.7 Å². The summed E-state index contributed by atoms with van der Waals surface area (Å²) in [6.45, 7) is 7.82. The molecule has 0 radical (unpaired) electrons. The molecule has 5 nitrogen and oxygen atoms in total. The van der Waals surface area contributed by atoms with Crippen molar-refractivity contribution in [3.05, 3.63) is 29.8 Å². The number of piperidine rings is 1. The average Bonchev–Trinajstić information content (AvgIpc) is 2.56. The van der Waals surface area contributed by atoms with Crippen LogP contribution in [-0.4, -0.2) is 30.4 Å². The molecular weight excluding hydrogens is 326 g/mol. The average molecular weight is 354 g/mol. The topological polar surface area (TPSA) is 70.2 Å². The van der Waals surface area contributed by atoms with Crippen LogP contribution in [0.4, 0.5) is 5.69 Å². The SMILES string of the molecule is CCC(C)(C)NC(=O)c1ccc(NC(=O)C2CCNCC2)cc1.Cl. The van der Waals surface area contributed by atoms with Crippen LogP contribution in [0.5, 0.6) is 0 Å². The first kappa shape index (κ1) is 20.5. The van der Waals surface area contributed by atoms with Gasteiger partial charge in [-0.3, -0.25) is 9.59 Å². The quantitative estimate of drug-likeness (QED) is 0.762. The van der Waals surface area contributed by atoms with Crippen molar-refractivity contribution in [1.82, 2.24) is 10.6 Å². The number of amides is 2. The van der Waals surface area contributed by atoms with Crippen molar-refractivity contribution < 1.29 is 9.59 Å². The third-order valence-electron chi connectivity index (χ3n) is 4.46. The highest BCUT2D eigenvalue weighted by molar-refractivity contribution is 5.96. The summed E-state index contributed by atoms with van der Waals surface area (Å²) in [5.41, 5.74) is 1.12. The first-order valence-electron chi connectivity index (χ1n) is 8.35. The van der Waals surface area contributed by atoms with Gasteiger partial charge in [-0.2, -0.15) is 0 Å². The molecule has 3 N–H and O–H groups in total. The second-order valence-corrected chi connectivity index (χ2v) is 6.78. The molecule has 24 heavy (non-hydrogen) atoms. The predicted octanol–water partition coefficient (Wildman–Crippen LogP) is 2.96. The van der Waals surface area contributed by atoms with Crippen molar-refractivity contribution >= 4 is 29.9 Å². The van der Waals surface area contributed by atoms with Crippen LogP contribution in [0.2, 0.25) is 0 Å². The molecule has 1 aromatic rings. The molecule has 1 heterocycles. The lowest BCUT2D eigenvalue weighted by molar-refractivity contribution is -0.120. The third kappa shape index (κ3) is 5.80. The van der Waals surface area contributed by atoms with Crippen molar-refractivity contribution in [3.63, 3.8) is 0 Å². The zero-order valence-corrected chi connectivity index (χ0v) is 15.5. The molecular formula is C18H28ClN3O2. The molecule has 0 atom stereocenters. The summed E-state index contributed by atoms with van der Waals surface area (Å²) in [7, 11) is 0. The number of benzene rings is 1. The minimum absolute atomic E-state index is 0. The Morgan fingerprint density at radius 3 is 2.29 bits per heavy atom. The molecule has 1 aliphatic heterocycles. The Labute approximate surface area is 150 Å². The van der Waals surface area contributed by atoms with E-state index in [1.54, 1.807) is 24.3 Å². The van der Waals surface area contributed by atoms with Gasteiger partial charge in [0.25, 0.3) is 5.91 Å². The lowest BCUT2D eigenvalue weighted by Crippen LogP contribution is -2.42. The van der Waals surface area contributed by atoms with E-state index in [0.717, 1.165) is 38.0 Å². The number of carbonyl (C=O) groups is 2. The van der Waals surface area contributed by atoms with Gasteiger partial charge in [-0.1, -0.05) is 6.92 Å². The molecule has 1 fully saturated rings. The molecule has 0 saturated carbocycles. The number of rotatable bonds is 5. The van der Waals surface area contributed by atoms with Crippen molar-refractivity contribution in [2.24, 2.45) is 5.92 Å². The number of carbonyl (C=O) groups excluding carboxylic acids is 2. The fraction of sp³-hybridized carbons (Fsp3) is 0.556. The molecule has 2 amide bonds. The highest BCUT2D eigenvalue weighted by atomic mass is 35.5. The predicted molar refractivity (Wildman–Crippen MR) is 99.7 cm³/mol. The molecule has 1 aromatic carbocycles. The second kappa shape index (κ2) is 9.04. The van der Waals surface area contributed by atoms with Crippen molar-refractivity contribution in [1.29, 1.82) is 0 Å². The highest BCUT2D eigenvalue weighted by Crippen LogP contribution is 2.17. The van der Waals surface area contributed by atoms with Crippen molar-refractivity contribution in [3.8, 4) is 0 Å². The van der Waals surface area contributed by atoms with E-state index in [-0.39, 0.29) is 35.7 Å². The molecule has 134 valence electrons. The third-order valence-corrected chi connectivity index (χ3v) is 4.46. The summed E-state index contributed by atoms with van der Waals surface area (Å²) in [5.74, 6) is 0.0495. The summed E-state index contributed by atoms with van der Waals surface area (Å²) < 4.78 is 0. The van der Waals surface area contributed by atoms with Gasteiger partial charge in [-0.15, -0.1) is 12.4 Å². The first-order valence-corrected chi connectivity index (χ1v) is 8.35. The van der Waals surface area contributed by atoms with Crippen molar-refractivity contribution in [2.75, 3.05) is 18.4 Å². The molecule has 6 heteroatoms. The number of halogens is 1. The van der Waals surface area contributed by atoms with Crippen LogP contribution in [0.15, 0.2) is 24.3 Å². The normalized spacial score (nSPS) is 15.3. The molecule has 1 aliphatic rings. The maximum atomic E-state index is 12.2. The van der Waals surface area contributed by atoms with E-state index in [1.165, 1.54) is 0 Å². The second-order valence-electron chi connectivity index (χ2n) is 6.78. The number of hydrogen-bond donors (Lipinski definition) is 3. The van der Waals surface area contributed by atoms with Crippen LogP contribution < -0.4 is 16.0 Å². The highest BCUT2D eigenvalue weighted by Gasteiger charge is 2.21. The monoisotopic (exact) mass is 353 g/mol. The number of hydrogen-bond acceptors (Lipinski definition) is 3. The minimum atomic E-state index is -0.223. The van der Waals surface area contributed by atoms with Gasteiger partial charge in [0.15, 0.2) is 0 Å². The Morgan fingerprint density at radius 2 is 1.75 bits per heavy atom. The van der Waals surface area contributed by atoms with Crippen LogP contribution in [0, 0.1) is 5.92 Å². The van der Waals surface area contributed by atoms with Gasteiger partial charge in [-0.25, -0.2) is 0 Å². The Morgan fingerprint density at radius 1 is 1.17 bits per heavy atom. The van der Waals surface area contributed by atoms with E-state index in [0.29, 0.717) is 5.56 Å². The maximum Gasteiger partial charge on any atom is 0.251 e. The van der Waals surface area contributed by atoms with Crippen LogP contribution in [0.1, 0.15) is 50.4 Å². The largest absolute Gasteiger partial charge is 0.347 e. The Kier molecular flexibility index (Phi) is 7.70. The molecule has 2 rings (SSSR count). The van der Waals surface area contributed by atoms with Crippen LogP contribution in [-0.2, 0) is 4.79 Å². The van der Waals surface area contributed by atoms with Crippen LogP contribution in [0.3, 0.4) is 0 Å². The summed E-state index contributed by atoms with van der Waals surface area (Å²) in [4.78, 5) is 24.4. The summed E-state index contributed by atoms with van der Waals surface area (Å²) in [5, 5.41) is 9.19. The smallest absolute Gasteiger partial charge is 0.251 e. The molecule has 0 spiro atoms. The molecule has 0 aliphatic carbocycles. The van der Waals surface area contributed by atoms with E-state index in [4.69, 9.17) is 0 Å². The summed E-state index contributed by atoms with van der Waals surface area (Å²) >= 11 is 0. The number of nitrogens with one attached hydrogen (secondary N) is 3. The van der Waals surface area contributed by atoms with Gasteiger partial charge in [0.1, 0.15) is 0 Å². The van der Waals surface area contributed by atoms with E-state index in [9.17, 15) is 9.59 Å².